The lowest BCUT2D eigenvalue weighted by Gasteiger charge is -2.19. The van der Waals surface area contributed by atoms with Crippen LogP contribution in [0.15, 0.2) is 44.1 Å². The molecule has 3 aromatic heterocycles. The first-order valence-corrected chi connectivity index (χ1v) is 10.2. The lowest BCUT2D eigenvalue weighted by molar-refractivity contribution is 0.0988. The molecule has 0 saturated carbocycles. The molecule has 4 aromatic rings. The number of ether oxygens (including phenoxy) is 1. The number of oxazole rings is 1. The zero-order valence-corrected chi connectivity index (χ0v) is 18.6. The third-order valence-corrected chi connectivity index (χ3v) is 5.25. The molecular formula is C23H20ClN3O5. The van der Waals surface area contributed by atoms with Crippen LogP contribution < -0.4 is 15.9 Å². The van der Waals surface area contributed by atoms with Gasteiger partial charge in [-0.3, -0.25) is 9.59 Å². The van der Waals surface area contributed by atoms with Gasteiger partial charge in [0, 0.05) is 18.1 Å². The van der Waals surface area contributed by atoms with Crippen molar-refractivity contribution < 1.29 is 18.4 Å². The topological polar surface area (TPSA) is 121 Å². The summed E-state index contributed by atoms with van der Waals surface area (Å²) in [5, 5.41) is 0.533. The lowest BCUT2D eigenvalue weighted by atomic mass is 10.0. The molecule has 0 saturated heterocycles. The van der Waals surface area contributed by atoms with Crippen molar-refractivity contribution in [2.24, 2.45) is 5.73 Å². The van der Waals surface area contributed by atoms with Gasteiger partial charge in [0.1, 0.15) is 16.8 Å². The zero-order chi connectivity index (χ0) is 23.2. The minimum Gasteiger partial charge on any atom is -0.483 e. The van der Waals surface area contributed by atoms with Crippen LogP contribution in [0.3, 0.4) is 0 Å². The Morgan fingerprint density at radius 3 is 2.59 bits per heavy atom. The third kappa shape index (κ3) is 3.85. The van der Waals surface area contributed by atoms with Gasteiger partial charge in [-0.2, -0.15) is 0 Å². The fraction of sp³-hybridized carbons (Fsp3) is 0.217. The molecule has 0 aliphatic heterocycles. The summed E-state index contributed by atoms with van der Waals surface area (Å²) in [6.07, 6.45) is 0.896. The number of benzene rings is 1. The molecule has 0 spiro atoms. The predicted molar refractivity (Wildman–Crippen MR) is 119 cm³/mol. The molecule has 3 heterocycles. The number of amides is 1. The first-order valence-electron chi connectivity index (χ1n) is 9.79. The molecule has 0 aliphatic rings. The van der Waals surface area contributed by atoms with Crippen molar-refractivity contribution in [2.75, 3.05) is 0 Å². The minimum absolute atomic E-state index is 0.0866. The summed E-state index contributed by atoms with van der Waals surface area (Å²) in [4.78, 5) is 33.0. The van der Waals surface area contributed by atoms with E-state index in [1.165, 1.54) is 18.3 Å². The normalized spacial score (nSPS) is 12.2. The van der Waals surface area contributed by atoms with Crippen LogP contribution in [0.1, 0.15) is 46.1 Å². The van der Waals surface area contributed by atoms with E-state index in [4.69, 9.17) is 30.9 Å². The maximum atomic E-state index is 13.1. The Bertz CT molecular complexity index is 1420. The summed E-state index contributed by atoms with van der Waals surface area (Å²) in [6.45, 7) is 7.03. The number of carbonyl (C=O) groups is 1. The van der Waals surface area contributed by atoms with Crippen LogP contribution in [0, 0.1) is 20.8 Å². The van der Waals surface area contributed by atoms with Gasteiger partial charge in [0.2, 0.25) is 0 Å². The molecule has 1 amide bonds. The van der Waals surface area contributed by atoms with E-state index in [1.807, 2.05) is 13.0 Å². The van der Waals surface area contributed by atoms with Crippen molar-refractivity contribution in [1.82, 2.24) is 9.97 Å². The van der Waals surface area contributed by atoms with E-state index in [1.54, 1.807) is 26.8 Å². The second-order valence-electron chi connectivity index (χ2n) is 7.46. The first kappa shape index (κ1) is 21.6. The molecule has 2 N–H and O–H groups in total. The minimum atomic E-state index is -0.770. The van der Waals surface area contributed by atoms with Crippen molar-refractivity contribution in [2.45, 2.75) is 33.8 Å². The van der Waals surface area contributed by atoms with Crippen LogP contribution in [-0.4, -0.2) is 15.9 Å². The number of pyridine rings is 1. The van der Waals surface area contributed by atoms with E-state index < -0.39 is 12.0 Å². The maximum Gasteiger partial charge on any atom is 0.271 e. The van der Waals surface area contributed by atoms with Crippen molar-refractivity contribution in [3.05, 3.63) is 74.1 Å². The highest BCUT2D eigenvalue weighted by atomic mass is 35.5. The summed E-state index contributed by atoms with van der Waals surface area (Å²) in [6, 6.07) is 6.64. The smallest absolute Gasteiger partial charge is 0.271 e. The fourth-order valence-electron chi connectivity index (χ4n) is 3.52. The number of nitrogens with zero attached hydrogens (tertiary/aromatic N) is 2. The quantitative estimate of drug-likeness (QED) is 0.436. The SMILES string of the molecule is Cc1cc([C@@H](C)Oc2ccc(Cl)nc2C(N)=O)c2oc(-c3cnc(C)o3)c(C)c(=O)c2c1. The van der Waals surface area contributed by atoms with E-state index in [0.29, 0.717) is 39.5 Å². The van der Waals surface area contributed by atoms with Gasteiger partial charge in [0.05, 0.1) is 11.6 Å². The van der Waals surface area contributed by atoms with Gasteiger partial charge >= 0.3 is 0 Å². The monoisotopic (exact) mass is 453 g/mol. The van der Waals surface area contributed by atoms with Crippen LogP contribution >= 0.6 is 11.6 Å². The van der Waals surface area contributed by atoms with Crippen LogP contribution in [0.2, 0.25) is 5.15 Å². The maximum absolute atomic E-state index is 13.1. The molecule has 8 nitrogen and oxygen atoms in total. The molecule has 9 heteroatoms. The highest BCUT2D eigenvalue weighted by molar-refractivity contribution is 6.29. The van der Waals surface area contributed by atoms with Crippen molar-refractivity contribution in [1.29, 1.82) is 0 Å². The Labute approximate surface area is 188 Å². The van der Waals surface area contributed by atoms with Crippen LogP contribution in [0.25, 0.3) is 22.5 Å². The van der Waals surface area contributed by atoms with E-state index in [9.17, 15) is 9.59 Å². The number of nitrogens with two attached hydrogens (primary N) is 1. The second kappa shape index (κ2) is 8.12. The van der Waals surface area contributed by atoms with Crippen LogP contribution in [0.5, 0.6) is 5.75 Å². The standard InChI is InChI=1S/C23H20ClN3O5/c1-10-7-14(12(3)30-16-5-6-18(24)27-19(16)23(25)29)22-15(8-10)20(28)11(2)21(32-22)17-9-26-13(4)31-17/h5-9,12H,1-4H3,(H2,25,29)/t12-/m1/s1. The molecule has 164 valence electrons. The molecule has 0 bridgehead atoms. The van der Waals surface area contributed by atoms with Gasteiger partial charge in [-0.05, 0) is 50.6 Å². The van der Waals surface area contributed by atoms with Crippen LogP contribution in [-0.2, 0) is 0 Å². The number of halogens is 1. The Hall–Kier alpha value is -3.65. The van der Waals surface area contributed by atoms with Crippen molar-refractivity contribution in [3.8, 4) is 17.3 Å². The summed E-state index contributed by atoms with van der Waals surface area (Å²) < 4.78 is 17.8. The van der Waals surface area contributed by atoms with Gasteiger partial charge in [-0.15, -0.1) is 0 Å². The molecule has 1 aromatic carbocycles. The highest BCUT2D eigenvalue weighted by Gasteiger charge is 2.23. The molecule has 4 rings (SSSR count). The molecule has 32 heavy (non-hydrogen) atoms. The van der Waals surface area contributed by atoms with E-state index >= 15 is 0 Å². The van der Waals surface area contributed by atoms with Gasteiger partial charge in [-0.1, -0.05) is 11.6 Å². The number of fused-ring (bicyclic) bond motifs is 1. The highest BCUT2D eigenvalue weighted by Crippen LogP contribution is 2.33. The first-order chi connectivity index (χ1) is 15.2. The van der Waals surface area contributed by atoms with Gasteiger partial charge < -0.3 is 19.3 Å². The van der Waals surface area contributed by atoms with Crippen molar-refractivity contribution >= 4 is 28.5 Å². The largest absolute Gasteiger partial charge is 0.483 e. The Morgan fingerprint density at radius 2 is 1.94 bits per heavy atom. The van der Waals surface area contributed by atoms with Gasteiger partial charge in [0.25, 0.3) is 5.91 Å². The molecule has 0 aliphatic carbocycles. The summed E-state index contributed by atoms with van der Waals surface area (Å²) in [5.41, 5.74) is 7.38. The van der Waals surface area contributed by atoms with Gasteiger partial charge in [0.15, 0.2) is 34.3 Å². The number of hydrogen-bond acceptors (Lipinski definition) is 7. The van der Waals surface area contributed by atoms with E-state index in [0.717, 1.165) is 5.56 Å². The molecule has 0 radical (unpaired) electrons. The number of aryl methyl sites for hydroxylation is 2. The Balaban J connectivity index is 1.88. The lowest BCUT2D eigenvalue weighted by Crippen LogP contribution is -2.17. The average molecular weight is 454 g/mol. The number of aromatic nitrogens is 2. The predicted octanol–water partition coefficient (Wildman–Crippen LogP) is 4.66. The van der Waals surface area contributed by atoms with E-state index in [2.05, 4.69) is 9.97 Å². The molecule has 0 unspecified atom stereocenters. The second-order valence-corrected chi connectivity index (χ2v) is 7.85. The number of primary amides is 1. The van der Waals surface area contributed by atoms with Crippen molar-refractivity contribution in [3.63, 3.8) is 0 Å². The summed E-state index contributed by atoms with van der Waals surface area (Å²) in [7, 11) is 0. The zero-order valence-electron chi connectivity index (χ0n) is 17.9. The fourth-order valence-corrected chi connectivity index (χ4v) is 3.67. The van der Waals surface area contributed by atoms with Crippen LogP contribution in [0.4, 0.5) is 0 Å². The number of carbonyl (C=O) groups excluding carboxylic acids is 1. The summed E-state index contributed by atoms with van der Waals surface area (Å²) >= 11 is 5.88. The average Bonchev–Trinajstić information content (AvgIpc) is 3.17. The van der Waals surface area contributed by atoms with Gasteiger partial charge in [-0.25, -0.2) is 9.97 Å². The van der Waals surface area contributed by atoms with E-state index in [-0.39, 0.29) is 22.0 Å². The Kier molecular flexibility index (Phi) is 5.48. The molecular weight excluding hydrogens is 434 g/mol. The summed E-state index contributed by atoms with van der Waals surface area (Å²) in [5.74, 6) is 0.513. The number of hydrogen-bond donors (Lipinski definition) is 1. The molecule has 0 fully saturated rings. The molecule has 1 atom stereocenters. The Morgan fingerprint density at radius 1 is 1.19 bits per heavy atom. The number of rotatable bonds is 5. The third-order valence-electron chi connectivity index (χ3n) is 5.04.